The number of nitrogens with two attached hydrogens (primary N) is 1. The first-order valence-electron chi connectivity index (χ1n) is 6.77. The van der Waals surface area contributed by atoms with Gasteiger partial charge in [0.25, 0.3) is 0 Å². The van der Waals surface area contributed by atoms with Crippen molar-refractivity contribution in [2.24, 2.45) is 5.73 Å². The molecule has 11 heteroatoms. The molecule has 0 saturated carbocycles. The van der Waals surface area contributed by atoms with Crippen LogP contribution in [0.5, 0.6) is 5.75 Å². The van der Waals surface area contributed by atoms with Gasteiger partial charge in [0.05, 0.1) is 11.8 Å². The number of alkyl halides is 3. The van der Waals surface area contributed by atoms with Gasteiger partial charge in [0.2, 0.25) is 5.91 Å². The standard InChI is InChI=1S/C13H18F3N3O4S/c1-24(21,22)6-5-18-8-11(17)12(20)19-9-3-2-4-10(7-9)23-13(14,15)16/h2-4,7,11,18H,5-6,8,17H2,1H3,(H,19,20)/t11-/m1/s1. The largest absolute Gasteiger partial charge is 0.573 e. The molecule has 1 aromatic carbocycles. The maximum atomic E-state index is 12.1. The maximum Gasteiger partial charge on any atom is 0.573 e. The Morgan fingerprint density at radius 2 is 2.04 bits per heavy atom. The highest BCUT2D eigenvalue weighted by Crippen LogP contribution is 2.24. The normalized spacial score (nSPS) is 13.4. The Bertz CT molecular complexity index is 665. The third kappa shape index (κ3) is 8.70. The molecule has 1 aromatic rings. The molecule has 0 saturated heterocycles. The lowest BCUT2D eigenvalue weighted by molar-refractivity contribution is -0.274. The summed E-state index contributed by atoms with van der Waals surface area (Å²) in [6, 6.07) is 3.76. The van der Waals surface area contributed by atoms with E-state index in [1.807, 2.05) is 0 Å². The van der Waals surface area contributed by atoms with Crippen molar-refractivity contribution < 1.29 is 31.1 Å². The summed E-state index contributed by atoms with van der Waals surface area (Å²) in [5.74, 6) is -1.20. The van der Waals surface area contributed by atoms with Crippen LogP contribution in [0.1, 0.15) is 0 Å². The second-order valence-electron chi connectivity index (χ2n) is 5.01. The second kappa shape index (κ2) is 8.31. The van der Waals surface area contributed by atoms with Crippen molar-refractivity contribution in [2.75, 3.05) is 30.4 Å². The van der Waals surface area contributed by atoms with E-state index in [9.17, 15) is 26.4 Å². The van der Waals surface area contributed by atoms with Crippen molar-refractivity contribution in [2.45, 2.75) is 12.4 Å². The summed E-state index contributed by atoms with van der Waals surface area (Å²) < 4.78 is 62.0. The zero-order valence-corrected chi connectivity index (χ0v) is 13.6. The summed E-state index contributed by atoms with van der Waals surface area (Å²) >= 11 is 0. The Kier molecular flexibility index (Phi) is 6.99. The van der Waals surface area contributed by atoms with Gasteiger partial charge in [0.15, 0.2) is 0 Å². The predicted molar refractivity (Wildman–Crippen MR) is 82.3 cm³/mol. The Morgan fingerprint density at radius 3 is 2.62 bits per heavy atom. The number of ether oxygens (including phenoxy) is 1. The zero-order valence-electron chi connectivity index (χ0n) is 12.8. The molecule has 0 aliphatic heterocycles. The Balaban J connectivity index is 2.50. The van der Waals surface area contributed by atoms with Gasteiger partial charge in [-0.2, -0.15) is 0 Å². The molecule has 0 aromatic heterocycles. The van der Waals surface area contributed by atoms with Gasteiger partial charge >= 0.3 is 6.36 Å². The van der Waals surface area contributed by atoms with Gasteiger partial charge < -0.3 is 21.1 Å². The van der Waals surface area contributed by atoms with Gasteiger partial charge in [0, 0.05) is 31.1 Å². The minimum absolute atomic E-state index is 0.0140. The minimum Gasteiger partial charge on any atom is -0.406 e. The molecule has 0 fully saturated rings. The number of sulfone groups is 1. The quantitative estimate of drug-likeness (QED) is 0.575. The third-order valence-corrected chi connectivity index (χ3v) is 3.63. The highest BCUT2D eigenvalue weighted by Gasteiger charge is 2.31. The molecule has 1 amide bonds. The molecule has 7 nitrogen and oxygen atoms in total. The molecule has 0 heterocycles. The molecule has 0 radical (unpaired) electrons. The highest BCUT2D eigenvalue weighted by molar-refractivity contribution is 7.90. The number of halogens is 3. The van der Waals surface area contributed by atoms with Crippen molar-refractivity contribution in [1.82, 2.24) is 5.32 Å². The van der Waals surface area contributed by atoms with Crippen LogP contribution in [-0.4, -0.2) is 51.8 Å². The number of hydrogen-bond donors (Lipinski definition) is 3. The number of anilines is 1. The summed E-state index contributed by atoms with van der Waals surface area (Å²) in [6.07, 6.45) is -3.75. The lowest BCUT2D eigenvalue weighted by atomic mass is 10.2. The number of amides is 1. The van der Waals surface area contributed by atoms with Crippen LogP contribution in [0.4, 0.5) is 18.9 Å². The summed E-state index contributed by atoms with van der Waals surface area (Å²) in [4.78, 5) is 11.8. The van der Waals surface area contributed by atoms with Crippen LogP contribution in [-0.2, 0) is 14.6 Å². The fraction of sp³-hybridized carbons (Fsp3) is 0.462. The Hall–Kier alpha value is -1.85. The average molecular weight is 369 g/mol. The van der Waals surface area contributed by atoms with Crippen molar-refractivity contribution in [3.8, 4) is 5.75 Å². The smallest absolute Gasteiger partial charge is 0.406 e. The average Bonchev–Trinajstić information content (AvgIpc) is 2.40. The molecule has 1 rings (SSSR count). The molecule has 1 atom stereocenters. The van der Waals surface area contributed by atoms with E-state index in [2.05, 4.69) is 15.4 Å². The first kappa shape index (κ1) is 20.2. The van der Waals surface area contributed by atoms with Crippen LogP contribution in [0, 0.1) is 0 Å². The molecular formula is C13H18F3N3O4S. The van der Waals surface area contributed by atoms with Crippen molar-refractivity contribution in [3.05, 3.63) is 24.3 Å². The van der Waals surface area contributed by atoms with Gasteiger partial charge in [-0.3, -0.25) is 4.79 Å². The fourth-order valence-corrected chi connectivity index (χ4v) is 2.13. The van der Waals surface area contributed by atoms with E-state index >= 15 is 0 Å². The molecular weight excluding hydrogens is 351 g/mol. The number of carbonyl (C=O) groups excluding carboxylic acids is 1. The van der Waals surface area contributed by atoms with Gasteiger partial charge in [0.1, 0.15) is 15.6 Å². The SMILES string of the molecule is CS(=O)(=O)CCNC[C@@H](N)C(=O)Nc1cccc(OC(F)(F)F)c1. The van der Waals surface area contributed by atoms with E-state index in [0.717, 1.165) is 18.4 Å². The van der Waals surface area contributed by atoms with Crippen LogP contribution < -0.4 is 21.1 Å². The van der Waals surface area contributed by atoms with Crippen LogP contribution in [0.15, 0.2) is 24.3 Å². The Labute approximate surface area is 137 Å². The van der Waals surface area contributed by atoms with Crippen LogP contribution in [0.3, 0.4) is 0 Å². The summed E-state index contributed by atoms with van der Waals surface area (Å²) in [6.45, 7) is 0.148. The molecule has 0 bridgehead atoms. The first-order chi connectivity index (χ1) is 11.0. The molecule has 0 aliphatic carbocycles. The number of rotatable bonds is 8. The van der Waals surface area contributed by atoms with E-state index in [1.54, 1.807) is 0 Å². The van der Waals surface area contributed by atoms with E-state index in [-0.39, 0.29) is 24.5 Å². The molecule has 136 valence electrons. The van der Waals surface area contributed by atoms with Crippen molar-refractivity contribution in [3.63, 3.8) is 0 Å². The van der Waals surface area contributed by atoms with E-state index in [0.29, 0.717) is 0 Å². The zero-order chi connectivity index (χ0) is 18.4. The Morgan fingerprint density at radius 1 is 1.38 bits per heavy atom. The van der Waals surface area contributed by atoms with Crippen LogP contribution in [0.2, 0.25) is 0 Å². The molecule has 0 aliphatic rings. The maximum absolute atomic E-state index is 12.1. The molecule has 0 unspecified atom stereocenters. The fourth-order valence-electron chi connectivity index (χ4n) is 1.61. The predicted octanol–water partition coefficient (Wildman–Crippen LogP) is 0.485. The third-order valence-electron chi connectivity index (χ3n) is 2.69. The van der Waals surface area contributed by atoms with Gasteiger partial charge in [-0.05, 0) is 12.1 Å². The number of nitrogens with one attached hydrogen (secondary N) is 2. The van der Waals surface area contributed by atoms with E-state index < -0.39 is 33.9 Å². The topological polar surface area (TPSA) is 111 Å². The summed E-state index contributed by atoms with van der Waals surface area (Å²) in [5, 5.41) is 5.07. The lowest BCUT2D eigenvalue weighted by Crippen LogP contribution is -2.44. The van der Waals surface area contributed by atoms with E-state index in [1.165, 1.54) is 12.1 Å². The monoisotopic (exact) mass is 369 g/mol. The van der Waals surface area contributed by atoms with Gasteiger partial charge in [-0.1, -0.05) is 6.07 Å². The van der Waals surface area contributed by atoms with Crippen molar-refractivity contribution >= 4 is 21.4 Å². The molecule has 0 spiro atoms. The summed E-state index contributed by atoms with van der Waals surface area (Å²) in [5.41, 5.74) is 5.71. The van der Waals surface area contributed by atoms with E-state index in [4.69, 9.17) is 5.73 Å². The lowest BCUT2D eigenvalue weighted by Gasteiger charge is -2.14. The van der Waals surface area contributed by atoms with Crippen LogP contribution in [0.25, 0.3) is 0 Å². The minimum atomic E-state index is -4.83. The van der Waals surface area contributed by atoms with Gasteiger partial charge in [-0.15, -0.1) is 13.2 Å². The van der Waals surface area contributed by atoms with Crippen LogP contribution >= 0.6 is 0 Å². The number of carbonyl (C=O) groups is 1. The molecule has 4 N–H and O–H groups in total. The van der Waals surface area contributed by atoms with Crippen molar-refractivity contribution in [1.29, 1.82) is 0 Å². The second-order valence-corrected chi connectivity index (χ2v) is 7.27. The van der Waals surface area contributed by atoms with Gasteiger partial charge in [-0.25, -0.2) is 8.42 Å². The highest BCUT2D eigenvalue weighted by atomic mass is 32.2. The number of hydrogen-bond acceptors (Lipinski definition) is 6. The molecule has 24 heavy (non-hydrogen) atoms. The summed E-state index contributed by atoms with van der Waals surface area (Å²) in [7, 11) is -3.12. The number of benzene rings is 1. The first-order valence-corrected chi connectivity index (χ1v) is 8.83.